The van der Waals surface area contributed by atoms with Gasteiger partial charge in [0.25, 0.3) is 5.89 Å². The summed E-state index contributed by atoms with van der Waals surface area (Å²) in [5, 5.41) is 14.7. The number of methoxy groups -OCH3 is 1. The number of β-amino-alcohol motifs (C(OH)–C–C–N with tert-alkyl or cyclic N) is 1. The van der Waals surface area contributed by atoms with Crippen molar-refractivity contribution in [2.24, 2.45) is 0 Å². The minimum absolute atomic E-state index is 0.493. The fourth-order valence-electron chi connectivity index (χ4n) is 3.92. The molecule has 1 aliphatic heterocycles. The Morgan fingerprint density at radius 2 is 1.72 bits per heavy atom. The zero-order chi connectivity index (χ0) is 20.1. The van der Waals surface area contributed by atoms with Gasteiger partial charge in [0.05, 0.1) is 6.10 Å². The van der Waals surface area contributed by atoms with E-state index < -0.39 is 11.7 Å². The summed E-state index contributed by atoms with van der Waals surface area (Å²) in [7, 11) is 1.70. The number of aliphatic hydroxyl groups excluding tert-OH is 1. The van der Waals surface area contributed by atoms with E-state index in [9.17, 15) is 5.11 Å². The molecule has 1 N–H and O–H groups in total. The Labute approximate surface area is 171 Å². The van der Waals surface area contributed by atoms with Gasteiger partial charge in [0.2, 0.25) is 0 Å². The molecule has 0 spiro atoms. The maximum atomic E-state index is 10.5. The van der Waals surface area contributed by atoms with Gasteiger partial charge < -0.3 is 19.3 Å². The standard InChI is InChI=1S/C23H27N3O3/c1-28-23(22-24-21(25-29-22)16-18-8-4-2-5-9-18)12-14-26(15-13-23)17-20(27)19-10-6-3-7-11-19/h2-11,20,27H,12-17H2,1H3/t20-/m0/s1. The Bertz CT molecular complexity index is 890. The molecule has 0 amide bonds. The molecule has 4 rings (SSSR count). The SMILES string of the molecule is COC1(c2nc(Cc3ccccc3)no2)CCN(C[C@H](O)c2ccccc2)CC1. The van der Waals surface area contributed by atoms with Gasteiger partial charge in [-0.3, -0.25) is 0 Å². The van der Waals surface area contributed by atoms with Crippen molar-refractivity contribution in [1.29, 1.82) is 0 Å². The maximum Gasteiger partial charge on any atom is 0.258 e. The quantitative estimate of drug-likeness (QED) is 0.664. The van der Waals surface area contributed by atoms with Crippen LogP contribution in [0.3, 0.4) is 0 Å². The summed E-state index contributed by atoms with van der Waals surface area (Å²) < 4.78 is 11.5. The highest BCUT2D eigenvalue weighted by atomic mass is 16.5. The van der Waals surface area contributed by atoms with Gasteiger partial charge in [0, 0.05) is 33.2 Å². The van der Waals surface area contributed by atoms with Gasteiger partial charge in [-0.05, 0) is 24.0 Å². The first-order valence-corrected chi connectivity index (χ1v) is 10.1. The minimum atomic E-state index is -0.559. The predicted molar refractivity (Wildman–Crippen MR) is 109 cm³/mol. The molecular weight excluding hydrogens is 366 g/mol. The van der Waals surface area contributed by atoms with Crippen LogP contribution in [-0.4, -0.2) is 46.9 Å². The Balaban J connectivity index is 1.38. The van der Waals surface area contributed by atoms with Crippen LogP contribution >= 0.6 is 0 Å². The van der Waals surface area contributed by atoms with E-state index in [0.717, 1.165) is 37.1 Å². The van der Waals surface area contributed by atoms with Crippen LogP contribution in [0.5, 0.6) is 0 Å². The summed E-state index contributed by atoms with van der Waals surface area (Å²) in [6, 6.07) is 19.9. The summed E-state index contributed by atoms with van der Waals surface area (Å²) >= 11 is 0. The molecular formula is C23H27N3O3. The highest BCUT2D eigenvalue weighted by Gasteiger charge is 2.41. The van der Waals surface area contributed by atoms with Crippen molar-refractivity contribution in [2.45, 2.75) is 31.0 Å². The zero-order valence-electron chi connectivity index (χ0n) is 16.7. The number of ether oxygens (including phenoxy) is 1. The van der Waals surface area contributed by atoms with Crippen molar-refractivity contribution in [3.63, 3.8) is 0 Å². The van der Waals surface area contributed by atoms with Crippen LogP contribution in [0, 0.1) is 0 Å². The average molecular weight is 393 g/mol. The third kappa shape index (κ3) is 4.56. The molecule has 152 valence electrons. The van der Waals surface area contributed by atoms with Gasteiger partial charge in [-0.1, -0.05) is 65.8 Å². The average Bonchev–Trinajstić information content (AvgIpc) is 3.25. The van der Waals surface area contributed by atoms with E-state index in [1.807, 2.05) is 48.5 Å². The van der Waals surface area contributed by atoms with Crippen molar-refractivity contribution in [3.05, 3.63) is 83.5 Å². The van der Waals surface area contributed by atoms with Gasteiger partial charge in [0.1, 0.15) is 5.60 Å². The lowest BCUT2D eigenvalue weighted by Crippen LogP contribution is -2.45. The molecule has 1 aliphatic rings. The molecule has 6 heteroatoms. The van der Waals surface area contributed by atoms with Crippen molar-refractivity contribution in [2.75, 3.05) is 26.7 Å². The number of likely N-dealkylation sites (tertiary alicyclic amines) is 1. The van der Waals surface area contributed by atoms with E-state index in [-0.39, 0.29) is 0 Å². The van der Waals surface area contributed by atoms with Crippen molar-refractivity contribution in [1.82, 2.24) is 15.0 Å². The summed E-state index contributed by atoms with van der Waals surface area (Å²) in [5.74, 6) is 1.22. The van der Waals surface area contributed by atoms with E-state index in [2.05, 4.69) is 27.2 Å². The number of nitrogens with zero attached hydrogens (tertiary/aromatic N) is 3. The van der Waals surface area contributed by atoms with Gasteiger partial charge >= 0.3 is 0 Å². The number of benzene rings is 2. The molecule has 0 unspecified atom stereocenters. The molecule has 0 saturated carbocycles. The molecule has 2 heterocycles. The zero-order valence-corrected chi connectivity index (χ0v) is 16.7. The number of aliphatic hydroxyl groups is 1. The summed E-state index contributed by atoms with van der Waals surface area (Å²) in [6.07, 6.45) is 1.64. The molecule has 3 aromatic rings. The lowest BCUT2D eigenvalue weighted by molar-refractivity contribution is -0.0865. The second kappa shape index (κ2) is 8.86. The van der Waals surface area contributed by atoms with E-state index in [4.69, 9.17) is 9.26 Å². The summed E-state index contributed by atoms with van der Waals surface area (Å²) in [5.41, 5.74) is 1.53. The van der Waals surface area contributed by atoms with Crippen molar-refractivity contribution in [3.8, 4) is 0 Å². The number of piperidine rings is 1. The predicted octanol–water partition coefficient (Wildman–Crippen LogP) is 3.33. The first-order chi connectivity index (χ1) is 14.2. The van der Waals surface area contributed by atoms with Crippen LogP contribution in [0.25, 0.3) is 0 Å². The Morgan fingerprint density at radius 1 is 1.07 bits per heavy atom. The maximum absolute atomic E-state index is 10.5. The lowest BCUT2D eigenvalue weighted by Gasteiger charge is -2.38. The molecule has 29 heavy (non-hydrogen) atoms. The van der Waals surface area contributed by atoms with Crippen LogP contribution in [0.4, 0.5) is 0 Å². The number of aromatic nitrogens is 2. The first-order valence-electron chi connectivity index (χ1n) is 10.1. The second-order valence-corrected chi connectivity index (χ2v) is 7.60. The van der Waals surface area contributed by atoms with Crippen molar-refractivity contribution >= 4 is 0 Å². The fourth-order valence-corrected chi connectivity index (χ4v) is 3.92. The lowest BCUT2D eigenvalue weighted by atomic mass is 9.90. The topological polar surface area (TPSA) is 71.6 Å². The minimum Gasteiger partial charge on any atom is -0.387 e. The molecule has 1 saturated heterocycles. The number of rotatable bonds is 7. The molecule has 0 aliphatic carbocycles. The fraction of sp³-hybridized carbons (Fsp3) is 0.391. The molecule has 1 atom stereocenters. The third-order valence-electron chi connectivity index (χ3n) is 5.73. The monoisotopic (exact) mass is 393 g/mol. The van der Waals surface area contributed by atoms with Crippen LogP contribution in [-0.2, 0) is 16.8 Å². The third-order valence-corrected chi connectivity index (χ3v) is 5.73. The Hall–Kier alpha value is -2.54. The molecule has 1 fully saturated rings. The highest BCUT2D eigenvalue weighted by Crippen LogP contribution is 2.35. The molecule has 6 nitrogen and oxygen atoms in total. The molecule has 2 aromatic carbocycles. The van der Waals surface area contributed by atoms with E-state index in [0.29, 0.717) is 24.7 Å². The van der Waals surface area contributed by atoms with Gasteiger partial charge in [-0.15, -0.1) is 0 Å². The smallest absolute Gasteiger partial charge is 0.258 e. The molecule has 0 bridgehead atoms. The second-order valence-electron chi connectivity index (χ2n) is 7.60. The van der Waals surface area contributed by atoms with Gasteiger partial charge in [-0.25, -0.2) is 0 Å². The Kier molecular flexibility index (Phi) is 6.04. The number of hydrogen-bond donors (Lipinski definition) is 1. The summed E-state index contributed by atoms with van der Waals surface area (Å²) in [4.78, 5) is 6.90. The number of hydrogen-bond acceptors (Lipinski definition) is 6. The van der Waals surface area contributed by atoms with E-state index >= 15 is 0 Å². The highest BCUT2D eigenvalue weighted by molar-refractivity contribution is 5.19. The summed E-state index contributed by atoms with van der Waals surface area (Å²) in [6.45, 7) is 2.20. The van der Waals surface area contributed by atoms with Crippen LogP contribution in [0.15, 0.2) is 65.2 Å². The normalized spacial score (nSPS) is 17.9. The van der Waals surface area contributed by atoms with Crippen molar-refractivity contribution < 1.29 is 14.4 Å². The first kappa shape index (κ1) is 19.8. The van der Waals surface area contributed by atoms with Gasteiger partial charge in [-0.2, -0.15) is 4.98 Å². The molecule has 0 radical (unpaired) electrons. The van der Waals surface area contributed by atoms with Crippen LogP contribution in [0.2, 0.25) is 0 Å². The Morgan fingerprint density at radius 3 is 2.38 bits per heavy atom. The van der Waals surface area contributed by atoms with Crippen LogP contribution in [0.1, 0.15) is 41.8 Å². The van der Waals surface area contributed by atoms with Crippen LogP contribution < -0.4 is 0 Å². The van der Waals surface area contributed by atoms with E-state index in [1.54, 1.807) is 7.11 Å². The molecule has 1 aromatic heterocycles. The van der Waals surface area contributed by atoms with E-state index in [1.165, 1.54) is 0 Å². The van der Waals surface area contributed by atoms with Gasteiger partial charge in [0.15, 0.2) is 5.82 Å². The largest absolute Gasteiger partial charge is 0.387 e.